The largest absolute Gasteiger partial charge is 0.352 e. The lowest BCUT2D eigenvalue weighted by molar-refractivity contribution is -0.130. The Balaban J connectivity index is 1.88. The van der Waals surface area contributed by atoms with E-state index < -0.39 is 6.03 Å². The van der Waals surface area contributed by atoms with Crippen LogP contribution in [-0.2, 0) is 16.1 Å². The number of nitrogens with two attached hydrogens (primary N) is 1. The van der Waals surface area contributed by atoms with E-state index in [1.54, 1.807) is 18.2 Å². The first-order valence-corrected chi connectivity index (χ1v) is 8.63. The molecule has 7 nitrogen and oxygen atoms in total. The Labute approximate surface area is 147 Å². The molecule has 0 saturated carbocycles. The fourth-order valence-corrected chi connectivity index (χ4v) is 3.14. The summed E-state index contributed by atoms with van der Waals surface area (Å²) in [5.41, 5.74) is 6.52. The Morgan fingerprint density at radius 2 is 2.16 bits per heavy atom. The predicted molar refractivity (Wildman–Crippen MR) is 95.7 cm³/mol. The maximum atomic E-state index is 12.4. The molecule has 1 aliphatic rings. The maximum absolute atomic E-state index is 12.4. The second-order valence-corrected chi connectivity index (χ2v) is 6.49. The van der Waals surface area contributed by atoms with E-state index in [2.05, 4.69) is 17.6 Å². The Hall–Kier alpha value is -2.57. The second-order valence-electron chi connectivity index (χ2n) is 6.49. The van der Waals surface area contributed by atoms with Crippen LogP contribution in [-0.4, -0.2) is 35.3 Å². The normalized spacial score (nSPS) is 18.1. The highest BCUT2D eigenvalue weighted by Gasteiger charge is 2.36. The van der Waals surface area contributed by atoms with Gasteiger partial charge >= 0.3 is 6.03 Å². The van der Waals surface area contributed by atoms with Gasteiger partial charge in [0.25, 0.3) is 0 Å². The van der Waals surface area contributed by atoms with Gasteiger partial charge in [-0.25, -0.2) is 4.79 Å². The Bertz CT molecular complexity index is 647. The zero-order chi connectivity index (χ0) is 18.4. The van der Waals surface area contributed by atoms with E-state index in [9.17, 15) is 14.4 Å². The molecule has 1 aromatic rings. The molecule has 0 unspecified atom stereocenters. The summed E-state index contributed by atoms with van der Waals surface area (Å²) in [7, 11) is 0. The third-order valence-electron chi connectivity index (χ3n) is 4.43. The van der Waals surface area contributed by atoms with E-state index in [0.29, 0.717) is 18.8 Å². The van der Waals surface area contributed by atoms with Gasteiger partial charge in [-0.15, -0.1) is 0 Å². The molecule has 4 amide bonds. The second kappa shape index (κ2) is 8.50. The highest BCUT2D eigenvalue weighted by atomic mass is 16.2. The number of urea groups is 1. The number of primary amides is 1. The van der Waals surface area contributed by atoms with Crippen molar-refractivity contribution in [3.63, 3.8) is 0 Å². The molecule has 0 aliphatic carbocycles. The van der Waals surface area contributed by atoms with Crippen LogP contribution >= 0.6 is 0 Å². The fraction of sp³-hybridized carbons (Fsp3) is 0.500. The van der Waals surface area contributed by atoms with Crippen molar-refractivity contribution < 1.29 is 14.4 Å². The van der Waals surface area contributed by atoms with Crippen LogP contribution in [0.15, 0.2) is 24.3 Å². The third kappa shape index (κ3) is 5.20. The number of amides is 4. The lowest BCUT2D eigenvalue weighted by Crippen LogP contribution is -2.36. The van der Waals surface area contributed by atoms with Crippen molar-refractivity contribution in [1.82, 2.24) is 10.2 Å². The summed E-state index contributed by atoms with van der Waals surface area (Å²) in [6, 6.07) is 6.64. The monoisotopic (exact) mass is 346 g/mol. The summed E-state index contributed by atoms with van der Waals surface area (Å²) in [4.78, 5) is 37.2. The highest BCUT2D eigenvalue weighted by molar-refractivity contribution is 5.89. The summed E-state index contributed by atoms with van der Waals surface area (Å²) in [6.45, 7) is 4.93. The molecule has 2 rings (SSSR count). The summed E-state index contributed by atoms with van der Waals surface area (Å²) in [5, 5.41) is 5.37. The first kappa shape index (κ1) is 18.8. The van der Waals surface area contributed by atoms with Crippen LogP contribution in [0.2, 0.25) is 0 Å². The van der Waals surface area contributed by atoms with E-state index in [0.717, 1.165) is 18.4 Å². The van der Waals surface area contributed by atoms with Gasteiger partial charge in [-0.3, -0.25) is 9.59 Å². The molecular weight excluding hydrogens is 320 g/mol. The zero-order valence-corrected chi connectivity index (χ0v) is 14.7. The fourth-order valence-electron chi connectivity index (χ4n) is 3.14. The Kier molecular flexibility index (Phi) is 6.38. The van der Waals surface area contributed by atoms with Crippen molar-refractivity contribution in [2.45, 2.75) is 45.7 Å². The molecule has 1 aromatic carbocycles. The minimum absolute atomic E-state index is 0.0498. The van der Waals surface area contributed by atoms with E-state index in [4.69, 9.17) is 5.73 Å². The molecule has 4 N–H and O–H groups in total. The van der Waals surface area contributed by atoms with Gasteiger partial charge in [-0.05, 0) is 31.0 Å². The highest BCUT2D eigenvalue weighted by Crippen LogP contribution is 2.22. The number of benzene rings is 1. The zero-order valence-electron chi connectivity index (χ0n) is 14.7. The lowest BCUT2D eigenvalue weighted by Gasteiger charge is -2.24. The van der Waals surface area contributed by atoms with E-state index >= 15 is 0 Å². The van der Waals surface area contributed by atoms with Crippen LogP contribution in [0.3, 0.4) is 0 Å². The number of carbonyl (C=O) groups excluding carboxylic acids is 3. The van der Waals surface area contributed by atoms with Gasteiger partial charge < -0.3 is 21.3 Å². The van der Waals surface area contributed by atoms with E-state index in [-0.39, 0.29) is 30.2 Å². The van der Waals surface area contributed by atoms with Gasteiger partial charge in [0.1, 0.15) is 0 Å². The number of hydrogen-bond acceptors (Lipinski definition) is 3. The molecule has 1 saturated heterocycles. The average Bonchev–Trinajstić information content (AvgIpc) is 2.94. The molecule has 1 aliphatic heterocycles. The number of likely N-dealkylation sites (tertiary alicyclic amines) is 1. The number of rotatable bonds is 7. The molecule has 1 fully saturated rings. The Morgan fingerprint density at radius 3 is 2.84 bits per heavy atom. The number of hydrogen-bond donors (Lipinski definition) is 3. The topological polar surface area (TPSA) is 105 Å². The van der Waals surface area contributed by atoms with Gasteiger partial charge in [-0.2, -0.15) is 0 Å². The van der Waals surface area contributed by atoms with Crippen molar-refractivity contribution in [2.75, 3.05) is 11.9 Å². The van der Waals surface area contributed by atoms with Crippen LogP contribution in [0, 0.1) is 5.92 Å². The van der Waals surface area contributed by atoms with Gasteiger partial charge in [0.15, 0.2) is 0 Å². The van der Waals surface area contributed by atoms with Crippen LogP contribution in [0.1, 0.15) is 38.7 Å². The smallest absolute Gasteiger partial charge is 0.316 e. The predicted octanol–water partition coefficient (Wildman–Crippen LogP) is 1.83. The summed E-state index contributed by atoms with van der Waals surface area (Å²) < 4.78 is 0. The molecule has 0 aromatic heterocycles. The SMILES string of the molecule is CCC[C@@H](C)N1C[C@@H](C(=O)NCc2cccc(NC(N)=O)c2)CC1=O. The van der Waals surface area contributed by atoms with Crippen molar-refractivity contribution >= 4 is 23.5 Å². The van der Waals surface area contributed by atoms with Crippen LogP contribution in [0.25, 0.3) is 0 Å². The van der Waals surface area contributed by atoms with Crippen LogP contribution in [0.4, 0.5) is 10.5 Å². The van der Waals surface area contributed by atoms with Gasteiger partial charge in [0.05, 0.1) is 5.92 Å². The van der Waals surface area contributed by atoms with Crippen molar-refractivity contribution in [3.8, 4) is 0 Å². The average molecular weight is 346 g/mol. The summed E-state index contributed by atoms with van der Waals surface area (Å²) >= 11 is 0. The summed E-state index contributed by atoms with van der Waals surface area (Å²) in [5.74, 6) is -0.375. The van der Waals surface area contributed by atoms with Crippen LogP contribution < -0.4 is 16.4 Å². The minimum atomic E-state index is -0.632. The number of carbonyl (C=O) groups is 3. The van der Waals surface area contributed by atoms with Crippen molar-refractivity contribution in [1.29, 1.82) is 0 Å². The first-order chi connectivity index (χ1) is 11.9. The molecular formula is C18H26N4O3. The molecule has 2 atom stereocenters. The van der Waals surface area contributed by atoms with Gasteiger partial charge in [0.2, 0.25) is 11.8 Å². The third-order valence-corrected chi connectivity index (χ3v) is 4.43. The standard InChI is InChI=1S/C18H26N4O3/c1-3-5-12(2)22-11-14(9-16(22)23)17(24)20-10-13-6-4-7-15(8-13)21-18(19)25/h4,6-8,12,14H,3,5,9-11H2,1-2H3,(H,20,24)(H3,19,21,25)/t12-,14+/m1/s1. The van der Waals surface area contributed by atoms with E-state index in [1.807, 2.05) is 17.9 Å². The van der Waals surface area contributed by atoms with Crippen molar-refractivity contribution in [3.05, 3.63) is 29.8 Å². The number of anilines is 1. The minimum Gasteiger partial charge on any atom is -0.352 e. The maximum Gasteiger partial charge on any atom is 0.316 e. The van der Waals surface area contributed by atoms with Crippen molar-refractivity contribution in [2.24, 2.45) is 11.7 Å². The molecule has 136 valence electrons. The molecule has 7 heteroatoms. The molecule has 1 heterocycles. The van der Waals surface area contributed by atoms with Gasteiger partial charge in [-0.1, -0.05) is 25.5 Å². The number of nitrogens with one attached hydrogen (secondary N) is 2. The lowest BCUT2D eigenvalue weighted by atomic mass is 10.1. The van der Waals surface area contributed by atoms with Crippen LogP contribution in [0.5, 0.6) is 0 Å². The molecule has 0 radical (unpaired) electrons. The summed E-state index contributed by atoms with van der Waals surface area (Å²) in [6.07, 6.45) is 2.22. The quantitative estimate of drug-likeness (QED) is 0.701. The molecule has 0 bridgehead atoms. The first-order valence-electron chi connectivity index (χ1n) is 8.63. The van der Waals surface area contributed by atoms with E-state index in [1.165, 1.54) is 0 Å². The number of nitrogens with zero attached hydrogens (tertiary/aromatic N) is 1. The van der Waals surface area contributed by atoms with Gasteiger partial charge in [0, 0.05) is 31.2 Å². The molecule has 25 heavy (non-hydrogen) atoms. The molecule has 0 spiro atoms. The Morgan fingerprint density at radius 1 is 1.40 bits per heavy atom.